The highest BCUT2D eigenvalue weighted by molar-refractivity contribution is 5.88. The first kappa shape index (κ1) is 10.6. The molecule has 0 rings (SSSR count). The van der Waals surface area contributed by atoms with E-state index in [1.807, 2.05) is 0 Å². The fourth-order valence-electron chi connectivity index (χ4n) is 0.510. The zero-order valence-corrected chi connectivity index (χ0v) is 7.28. The van der Waals surface area contributed by atoms with Gasteiger partial charge >= 0.3 is 0 Å². The number of allylic oxidation sites excluding steroid dienone is 6. The number of rotatable bonds is 4. The molecule has 0 saturated carbocycles. The van der Waals surface area contributed by atoms with Gasteiger partial charge in [-0.2, -0.15) is 0 Å². The molecule has 0 amide bonds. The summed E-state index contributed by atoms with van der Waals surface area (Å²) in [6.45, 7) is 2.96. The second-order valence-electron chi connectivity index (χ2n) is 2.32. The Morgan fingerprint density at radius 2 is 1.08 bits per heavy atom. The van der Waals surface area contributed by atoms with Crippen molar-refractivity contribution in [1.29, 1.82) is 0 Å². The molecule has 0 aromatic rings. The largest absolute Gasteiger partial charge is 0.295 e. The van der Waals surface area contributed by atoms with Gasteiger partial charge in [0.15, 0.2) is 11.6 Å². The molecule has 0 aliphatic rings. The van der Waals surface area contributed by atoms with E-state index in [2.05, 4.69) is 0 Å². The molecular formula is C10H12O2. The average Bonchev–Trinajstić information content (AvgIpc) is 1.95. The Labute approximate surface area is 72.3 Å². The fourth-order valence-corrected chi connectivity index (χ4v) is 0.510. The van der Waals surface area contributed by atoms with Crippen molar-refractivity contribution in [1.82, 2.24) is 0 Å². The molecule has 0 aliphatic carbocycles. The first-order valence-corrected chi connectivity index (χ1v) is 3.65. The molecular weight excluding hydrogens is 152 g/mol. The molecule has 0 unspecified atom stereocenters. The molecule has 64 valence electrons. The van der Waals surface area contributed by atoms with Crippen LogP contribution in [-0.2, 0) is 9.59 Å². The summed E-state index contributed by atoms with van der Waals surface area (Å²) in [5.41, 5.74) is 0. The van der Waals surface area contributed by atoms with Crippen molar-refractivity contribution in [3.8, 4) is 0 Å². The van der Waals surface area contributed by atoms with Crippen molar-refractivity contribution in [3.05, 3.63) is 36.5 Å². The Bertz CT molecular complexity index is 219. The van der Waals surface area contributed by atoms with E-state index in [1.54, 1.807) is 24.3 Å². The Morgan fingerprint density at radius 1 is 0.750 bits per heavy atom. The lowest BCUT2D eigenvalue weighted by molar-refractivity contribution is -0.113. The third-order valence-corrected chi connectivity index (χ3v) is 0.995. The van der Waals surface area contributed by atoms with Crippen molar-refractivity contribution < 1.29 is 9.59 Å². The highest BCUT2D eigenvalue weighted by atomic mass is 16.1. The maximum absolute atomic E-state index is 10.4. The van der Waals surface area contributed by atoms with Crippen LogP contribution in [0.5, 0.6) is 0 Å². The zero-order chi connectivity index (χ0) is 9.40. The van der Waals surface area contributed by atoms with Gasteiger partial charge in [-0.25, -0.2) is 0 Å². The van der Waals surface area contributed by atoms with Crippen LogP contribution < -0.4 is 0 Å². The molecule has 0 aliphatic heterocycles. The number of ketones is 2. The summed E-state index contributed by atoms with van der Waals surface area (Å²) < 4.78 is 0. The Hall–Kier alpha value is -1.44. The molecule has 0 atom stereocenters. The minimum Gasteiger partial charge on any atom is -0.295 e. The van der Waals surface area contributed by atoms with Crippen molar-refractivity contribution >= 4 is 11.6 Å². The summed E-state index contributed by atoms with van der Waals surface area (Å²) in [7, 11) is 0. The van der Waals surface area contributed by atoms with Crippen LogP contribution >= 0.6 is 0 Å². The molecule has 2 heteroatoms. The monoisotopic (exact) mass is 164 g/mol. The minimum atomic E-state index is 0.00944. The van der Waals surface area contributed by atoms with E-state index < -0.39 is 0 Å². The summed E-state index contributed by atoms with van der Waals surface area (Å²) in [6.07, 6.45) is 9.57. The third kappa shape index (κ3) is 8.56. The Kier molecular flexibility index (Phi) is 5.53. The molecule has 0 radical (unpaired) electrons. The molecule has 0 bridgehead atoms. The van der Waals surface area contributed by atoms with Crippen molar-refractivity contribution in [2.75, 3.05) is 0 Å². The van der Waals surface area contributed by atoms with Gasteiger partial charge < -0.3 is 0 Å². The lowest BCUT2D eigenvalue weighted by Gasteiger charge is -1.75. The van der Waals surface area contributed by atoms with Gasteiger partial charge in [-0.3, -0.25) is 9.59 Å². The summed E-state index contributed by atoms with van der Waals surface area (Å²) in [6, 6.07) is 0. The van der Waals surface area contributed by atoms with E-state index in [0.29, 0.717) is 0 Å². The van der Waals surface area contributed by atoms with Crippen LogP contribution in [-0.4, -0.2) is 11.6 Å². The maximum atomic E-state index is 10.4. The molecule has 2 nitrogen and oxygen atoms in total. The van der Waals surface area contributed by atoms with Gasteiger partial charge in [0.1, 0.15) is 0 Å². The number of carbonyl (C=O) groups is 2. The second kappa shape index (κ2) is 6.28. The summed E-state index contributed by atoms with van der Waals surface area (Å²) in [5.74, 6) is 0.0189. The van der Waals surface area contributed by atoms with E-state index >= 15 is 0 Å². The summed E-state index contributed by atoms with van der Waals surface area (Å²) >= 11 is 0. The van der Waals surface area contributed by atoms with E-state index in [9.17, 15) is 9.59 Å². The number of carbonyl (C=O) groups excluding carboxylic acids is 2. The van der Waals surface area contributed by atoms with Crippen LogP contribution in [0.3, 0.4) is 0 Å². The molecule has 0 aromatic heterocycles. The highest BCUT2D eigenvalue weighted by Crippen LogP contribution is 1.82. The standard InChI is InChI=1S/C10H12O2/c1-9(11)7-5-3-4-6-8-10(2)12/h3-8H,1-2H3/b4-3-,7-5+,8-6+. The van der Waals surface area contributed by atoms with Crippen LogP contribution in [0.4, 0.5) is 0 Å². The van der Waals surface area contributed by atoms with Crippen LogP contribution in [0, 0.1) is 0 Å². The van der Waals surface area contributed by atoms with E-state index in [-0.39, 0.29) is 11.6 Å². The second-order valence-corrected chi connectivity index (χ2v) is 2.32. The Morgan fingerprint density at radius 3 is 1.33 bits per heavy atom. The normalized spacial score (nSPS) is 11.8. The zero-order valence-electron chi connectivity index (χ0n) is 7.28. The van der Waals surface area contributed by atoms with Gasteiger partial charge in [-0.05, 0) is 26.0 Å². The fraction of sp³-hybridized carbons (Fsp3) is 0.200. The van der Waals surface area contributed by atoms with Crippen LogP contribution in [0.2, 0.25) is 0 Å². The quantitative estimate of drug-likeness (QED) is 0.469. The van der Waals surface area contributed by atoms with Gasteiger partial charge in [-0.1, -0.05) is 24.3 Å². The molecule has 0 aromatic carbocycles. The molecule has 0 spiro atoms. The predicted octanol–water partition coefficient (Wildman–Crippen LogP) is 1.83. The van der Waals surface area contributed by atoms with Gasteiger partial charge in [0.05, 0.1) is 0 Å². The molecule has 0 saturated heterocycles. The predicted molar refractivity (Wildman–Crippen MR) is 48.8 cm³/mol. The minimum absolute atomic E-state index is 0.00944. The SMILES string of the molecule is CC(=O)/C=C/C=C\C=C\C(C)=O. The smallest absolute Gasteiger partial charge is 0.152 e. The molecule has 12 heavy (non-hydrogen) atoms. The van der Waals surface area contributed by atoms with E-state index in [0.717, 1.165) is 0 Å². The van der Waals surface area contributed by atoms with Crippen LogP contribution in [0.1, 0.15) is 13.8 Å². The first-order chi connectivity index (χ1) is 5.63. The lowest BCUT2D eigenvalue weighted by atomic mass is 10.3. The summed E-state index contributed by atoms with van der Waals surface area (Å²) in [5, 5.41) is 0. The van der Waals surface area contributed by atoms with Crippen LogP contribution in [0.15, 0.2) is 36.5 Å². The van der Waals surface area contributed by atoms with Crippen molar-refractivity contribution in [3.63, 3.8) is 0 Å². The molecule has 0 N–H and O–H groups in total. The Balaban J connectivity index is 3.78. The van der Waals surface area contributed by atoms with Gasteiger partial charge in [0, 0.05) is 0 Å². The van der Waals surface area contributed by atoms with Crippen LogP contribution in [0.25, 0.3) is 0 Å². The van der Waals surface area contributed by atoms with E-state index in [1.165, 1.54) is 26.0 Å². The average molecular weight is 164 g/mol. The van der Waals surface area contributed by atoms with Gasteiger partial charge in [0.2, 0.25) is 0 Å². The first-order valence-electron chi connectivity index (χ1n) is 3.65. The number of hydrogen-bond donors (Lipinski definition) is 0. The maximum Gasteiger partial charge on any atom is 0.152 e. The van der Waals surface area contributed by atoms with Crippen molar-refractivity contribution in [2.45, 2.75) is 13.8 Å². The number of hydrogen-bond acceptors (Lipinski definition) is 2. The van der Waals surface area contributed by atoms with Crippen molar-refractivity contribution in [2.24, 2.45) is 0 Å². The van der Waals surface area contributed by atoms with E-state index in [4.69, 9.17) is 0 Å². The summed E-state index contributed by atoms with van der Waals surface area (Å²) in [4.78, 5) is 20.8. The van der Waals surface area contributed by atoms with Gasteiger partial charge in [-0.15, -0.1) is 0 Å². The topological polar surface area (TPSA) is 34.1 Å². The highest BCUT2D eigenvalue weighted by Gasteiger charge is 1.77. The lowest BCUT2D eigenvalue weighted by Crippen LogP contribution is -1.78. The molecule has 0 heterocycles. The molecule has 0 fully saturated rings. The third-order valence-electron chi connectivity index (χ3n) is 0.995. The van der Waals surface area contributed by atoms with Gasteiger partial charge in [0.25, 0.3) is 0 Å².